The minimum Gasteiger partial charge on any atom is -0.480 e. The number of benzene rings is 1. The summed E-state index contributed by atoms with van der Waals surface area (Å²) in [7, 11) is -4.78. The predicted octanol–water partition coefficient (Wildman–Crippen LogP) is 1.88. The van der Waals surface area contributed by atoms with Crippen molar-refractivity contribution in [1.82, 2.24) is 4.72 Å². The van der Waals surface area contributed by atoms with Crippen molar-refractivity contribution in [3.05, 3.63) is 29.6 Å². The standard InChI is InChI=1S/C12H14F3NO4S/c1-6(2)3-10(12(17)18)16-21(19,20)11-8(14)4-7(13)5-9(11)15/h4-6,10,16H,3H2,1-2H3,(H,17,18)/t10-/m0/s1. The average molecular weight is 325 g/mol. The predicted molar refractivity (Wildman–Crippen MR) is 67.5 cm³/mol. The van der Waals surface area contributed by atoms with E-state index in [0.29, 0.717) is 0 Å². The molecule has 0 unspecified atom stereocenters. The van der Waals surface area contributed by atoms with E-state index in [1.165, 1.54) is 0 Å². The van der Waals surface area contributed by atoms with E-state index in [9.17, 15) is 26.4 Å². The first-order valence-corrected chi connectivity index (χ1v) is 7.42. The molecule has 1 atom stereocenters. The molecule has 0 heterocycles. The highest BCUT2D eigenvalue weighted by molar-refractivity contribution is 7.89. The van der Waals surface area contributed by atoms with E-state index in [1.54, 1.807) is 18.6 Å². The van der Waals surface area contributed by atoms with Crippen LogP contribution >= 0.6 is 0 Å². The highest BCUT2D eigenvalue weighted by Crippen LogP contribution is 2.21. The van der Waals surface area contributed by atoms with Gasteiger partial charge in [-0.3, -0.25) is 4.79 Å². The quantitative estimate of drug-likeness (QED) is 0.836. The lowest BCUT2D eigenvalue weighted by Crippen LogP contribution is -2.42. The molecule has 5 nitrogen and oxygen atoms in total. The van der Waals surface area contributed by atoms with Gasteiger partial charge in [0, 0.05) is 12.1 Å². The maximum absolute atomic E-state index is 13.5. The van der Waals surface area contributed by atoms with Gasteiger partial charge in [0.15, 0.2) is 4.90 Å². The smallest absolute Gasteiger partial charge is 0.321 e. The number of halogens is 3. The van der Waals surface area contributed by atoms with Crippen molar-refractivity contribution in [2.75, 3.05) is 0 Å². The lowest BCUT2D eigenvalue weighted by atomic mass is 10.1. The number of rotatable bonds is 6. The van der Waals surface area contributed by atoms with Crippen LogP contribution < -0.4 is 4.72 Å². The molecule has 0 aliphatic rings. The third kappa shape index (κ3) is 4.43. The summed E-state index contributed by atoms with van der Waals surface area (Å²) in [5.74, 6) is -6.18. The lowest BCUT2D eigenvalue weighted by Gasteiger charge is -2.17. The van der Waals surface area contributed by atoms with E-state index in [0.717, 1.165) is 0 Å². The Morgan fingerprint density at radius 1 is 1.24 bits per heavy atom. The molecule has 1 aromatic rings. The largest absolute Gasteiger partial charge is 0.480 e. The van der Waals surface area contributed by atoms with Crippen LogP contribution in [-0.2, 0) is 14.8 Å². The van der Waals surface area contributed by atoms with Crippen LogP contribution in [0.3, 0.4) is 0 Å². The molecule has 0 radical (unpaired) electrons. The molecule has 9 heteroatoms. The van der Waals surface area contributed by atoms with Gasteiger partial charge in [0.2, 0.25) is 10.0 Å². The molecule has 0 bridgehead atoms. The van der Waals surface area contributed by atoms with Gasteiger partial charge in [0.05, 0.1) is 0 Å². The Kier molecular flexibility index (Phi) is 5.35. The third-order valence-corrected chi connectivity index (χ3v) is 4.06. The van der Waals surface area contributed by atoms with Crippen LogP contribution in [0, 0.1) is 23.4 Å². The van der Waals surface area contributed by atoms with E-state index < -0.39 is 44.4 Å². The number of sulfonamides is 1. The molecule has 118 valence electrons. The normalized spacial score (nSPS) is 13.4. The maximum atomic E-state index is 13.5. The molecule has 0 aliphatic carbocycles. The van der Waals surface area contributed by atoms with Crippen molar-refractivity contribution in [2.24, 2.45) is 5.92 Å². The van der Waals surface area contributed by atoms with Crippen LogP contribution in [0.25, 0.3) is 0 Å². The number of carboxylic acid groups (broad SMARTS) is 1. The Balaban J connectivity index is 3.20. The molecular formula is C12H14F3NO4S. The van der Waals surface area contributed by atoms with Gasteiger partial charge < -0.3 is 5.11 Å². The highest BCUT2D eigenvalue weighted by Gasteiger charge is 2.31. The van der Waals surface area contributed by atoms with Crippen LogP contribution in [0.15, 0.2) is 17.0 Å². The van der Waals surface area contributed by atoms with Crippen molar-refractivity contribution in [1.29, 1.82) is 0 Å². The zero-order valence-corrected chi connectivity index (χ0v) is 12.0. The number of hydrogen-bond acceptors (Lipinski definition) is 3. The molecule has 1 aromatic carbocycles. The van der Waals surface area contributed by atoms with Gasteiger partial charge >= 0.3 is 5.97 Å². The van der Waals surface area contributed by atoms with Gasteiger partial charge in [-0.15, -0.1) is 0 Å². The van der Waals surface area contributed by atoms with Gasteiger partial charge in [0.25, 0.3) is 0 Å². The molecule has 0 spiro atoms. The first-order valence-electron chi connectivity index (χ1n) is 5.94. The van der Waals surface area contributed by atoms with Crippen LogP contribution in [-0.4, -0.2) is 25.5 Å². The fourth-order valence-corrected chi connectivity index (χ4v) is 3.02. The first kappa shape index (κ1) is 17.4. The van der Waals surface area contributed by atoms with Gasteiger partial charge in [0.1, 0.15) is 23.5 Å². The monoisotopic (exact) mass is 325 g/mol. The van der Waals surface area contributed by atoms with E-state index in [4.69, 9.17) is 5.11 Å². The molecule has 0 fully saturated rings. The minimum absolute atomic E-state index is 0.0704. The van der Waals surface area contributed by atoms with E-state index in [2.05, 4.69) is 0 Å². The number of nitrogens with one attached hydrogen (secondary N) is 1. The Bertz CT molecular complexity index is 623. The zero-order valence-electron chi connectivity index (χ0n) is 11.2. The van der Waals surface area contributed by atoms with E-state index in [-0.39, 0.29) is 24.5 Å². The summed E-state index contributed by atoms with van der Waals surface area (Å²) in [6.45, 7) is 3.31. The van der Waals surface area contributed by atoms with Crippen molar-refractivity contribution in [3.63, 3.8) is 0 Å². The number of carboxylic acids is 1. The Labute approximate surface area is 119 Å². The molecule has 0 amide bonds. The van der Waals surface area contributed by atoms with E-state index in [1.807, 2.05) is 0 Å². The second kappa shape index (κ2) is 6.44. The fraction of sp³-hybridized carbons (Fsp3) is 0.417. The number of hydrogen-bond donors (Lipinski definition) is 2. The minimum atomic E-state index is -4.78. The molecule has 0 saturated carbocycles. The Morgan fingerprint density at radius 2 is 1.71 bits per heavy atom. The van der Waals surface area contributed by atoms with Gasteiger partial charge in [-0.25, -0.2) is 21.6 Å². The molecule has 0 saturated heterocycles. The molecule has 0 aliphatic heterocycles. The van der Waals surface area contributed by atoms with Gasteiger partial charge in [-0.1, -0.05) is 13.8 Å². The topological polar surface area (TPSA) is 83.5 Å². The van der Waals surface area contributed by atoms with E-state index >= 15 is 0 Å². The highest BCUT2D eigenvalue weighted by atomic mass is 32.2. The van der Waals surface area contributed by atoms with Crippen molar-refractivity contribution >= 4 is 16.0 Å². The molecular weight excluding hydrogens is 311 g/mol. The second-order valence-electron chi connectivity index (χ2n) is 4.84. The summed E-state index contributed by atoms with van der Waals surface area (Å²) in [6.07, 6.45) is -0.0704. The summed E-state index contributed by atoms with van der Waals surface area (Å²) in [4.78, 5) is 9.59. The molecule has 0 aromatic heterocycles. The van der Waals surface area contributed by atoms with Gasteiger partial charge in [-0.05, 0) is 12.3 Å². The Hall–Kier alpha value is -1.61. The van der Waals surface area contributed by atoms with Crippen molar-refractivity contribution in [2.45, 2.75) is 31.2 Å². The van der Waals surface area contributed by atoms with Crippen molar-refractivity contribution in [3.8, 4) is 0 Å². The SMILES string of the molecule is CC(C)C[C@H](NS(=O)(=O)c1c(F)cc(F)cc1F)C(=O)O. The summed E-state index contributed by atoms with van der Waals surface area (Å²) >= 11 is 0. The summed E-state index contributed by atoms with van der Waals surface area (Å²) in [5.41, 5.74) is 0. The van der Waals surface area contributed by atoms with Crippen LogP contribution in [0.2, 0.25) is 0 Å². The Morgan fingerprint density at radius 3 is 2.10 bits per heavy atom. The summed E-state index contributed by atoms with van der Waals surface area (Å²) < 4.78 is 65.2. The first-order chi connectivity index (χ1) is 9.54. The second-order valence-corrected chi connectivity index (χ2v) is 6.49. The third-order valence-electron chi connectivity index (χ3n) is 2.53. The molecule has 2 N–H and O–H groups in total. The van der Waals surface area contributed by atoms with Gasteiger partial charge in [-0.2, -0.15) is 4.72 Å². The lowest BCUT2D eigenvalue weighted by molar-refractivity contribution is -0.139. The summed E-state index contributed by atoms with van der Waals surface area (Å²) in [5, 5.41) is 8.94. The number of carbonyl (C=O) groups is 1. The molecule has 1 rings (SSSR count). The van der Waals surface area contributed by atoms with Crippen molar-refractivity contribution < 1.29 is 31.5 Å². The van der Waals surface area contributed by atoms with Crippen LogP contribution in [0.1, 0.15) is 20.3 Å². The molecule has 21 heavy (non-hydrogen) atoms. The average Bonchev–Trinajstić information content (AvgIpc) is 2.24. The summed E-state index contributed by atoms with van der Waals surface area (Å²) in [6, 6.07) is -1.13. The maximum Gasteiger partial charge on any atom is 0.321 e. The fourth-order valence-electron chi connectivity index (χ4n) is 1.70. The zero-order chi connectivity index (χ0) is 16.4. The van der Waals surface area contributed by atoms with Crippen LogP contribution in [0.4, 0.5) is 13.2 Å². The van der Waals surface area contributed by atoms with Crippen LogP contribution in [0.5, 0.6) is 0 Å². The number of aliphatic carboxylic acids is 1.